The van der Waals surface area contributed by atoms with E-state index in [0.29, 0.717) is 10.8 Å². The van der Waals surface area contributed by atoms with E-state index in [0.717, 1.165) is 4.31 Å². The lowest BCUT2D eigenvalue weighted by atomic mass is 10.2. The summed E-state index contributed by atoms with van der Waals surface area (Å²) in [6.45, 7) is 3.73. The first-order valence-corrected chi connectivity index (χ1v) is 9.43. The lowest BCUT2D eigenvalue weighted by Gasteiger charge is -2.34. The number of halogens is 1. The summed E-state index contributed by atoms with van der Waals surface area (Å²) in [5.74, 6) is 0.500. The van der Waals surface area contributed by atoms with E-state index >= 15 is 0 Å². The fourth-order valence-corrected chi connectivity index (χ4v) is 4.42. The number of benzene rings is 2. The van der Waals surface area contributed by atoms with Crippen molar-refractivity contribution in [3.63, 3.8) is 0 Å². The van der Waals surface area contributed by atoms with Gasteiger partial charge in [0.15, 0.2) is 0 Å². The van der Waals surface area contributed by atoms with Gasteiger partial charge < -0.3 is 4.74 Å². The van der Waals surface area contributed by atoms with Crippen LogP contribution in [-0.4, -0.2) is 27.6 Å². The number of fused-ring (bicyclic) bond motifs is 1. The molecule has 0 atom stereocenters. The average molecular weight is 381 g/mol. The Labute approximate surface area is 151 Å². The number of urea groups is 1. The smallest absolute Gasteiger partial charge is 0.342 e. The second-order valence-electron chi connectivity index (χ2n) is 5.89. The van der Waals surface area contributed by atoms with Crippen LogP contribution in [0, 0.1) is 0 Å². The highest BCUT2D eigenvalue weighted by atomic mass is 35.5. The molecule has 0 spiro atoms. The molecule has 0 fully saturated rings. The SMILES string of the molecule is CC(C)Oc1ccc2c(c1)N(C)C(=O)N(c1cccc(Cl)c1)S2(=O)=O. The van der Waals surface area contributed by atoms with E-state index in [2.05, 4.69) is 0 Å². The van der Waals surface area contributed by atoms with Crippen molar-refractivity contribution in [2.75, 3.05) is 16.3 Å². The third kappa shape index (κ3) is 3.05. The number of carbonyl (C=O) groups excluding carboxylic acids is 1. The van der Waals surface area contributed by atoms with E-state index in [9.17, 15) is 13.2 Å². The van der Waals surface area contributed by atoms with Gasteiger partial charge in [0, 0.05) is 18.1 Å². The molecule has 1 aliphatic rings. The van der Waals surface area contributed by atoms with Crippen molar-refractivity contribution in [2.24, 2.45) is 0 Å². The number of anilines is 2. The molecule has 2 aromatic carbocycles. The molecule has 2 aromatic rings. The van der Waals surface area contributed by atoms with Gasteiger partial charge in [-0.1, -0.05) is 17.7 Å². The quantitative estimate of drug-likeness (QED) is 0.810. The van der Waals surface area contributed by atoms with Crippen LogP contribution in [-0.2, 0) is 10.0 Å². The van der Waals surface area contributed by atoms with Gasteiger partial charge in [-0.15, -0.1) is 0 Å². The van der Waals surface area contributed by atoms with Crippen LogP contribution in [0.3, 0.4) is 0 Å². The number of ether oxygens (including phenoxy) is 1. The summed E-state index contributed by atoms with van der Waals surface area (Å²) >= 11 is 5.95. The highest BCUT2D eigenvalue weighted by Gasteiger charge is 2.41. The Morgan fingerprint density at radius 3 is 2.48 bits per heavy atom. The average Bonchev–Trinajstić information content (AvgIpc) is 2.52. The van der Waals surface area contributed by atoms with Crippen molar-refractivity contribution in [1.82, 2.24) is 0 Å². The van der Waals surface area contributed by atoms with Crippen molar-refractivity contribution in [1.29, 1.82) is 0 Å². The van der Waals surface area contributed by atoms with Crippen LogP contribution in [0.5, 0.6) is 5.75 Å². The van der Waals surface area contributed by atoms with E-state index in [1.54, 1.807) is 24.3 Å². The van der Waals surface area contributed by atoms with Gasteiger partial charge in [0.1, 0.15) is 10.6 Å². The molecule has 0 aliphatic carbocycles. The molecule has 0 radical (unpaired) electrons. The molecule has 0 bridgehead atoms. The molecule has 132 valence electrons. The predicted octanol–water partition coefficient (Wildman–Crippen LogP) is 3.89. The van der Waals surface area contributed by atoms with Crippen LogP contribution < -0.4 is 13.9 Å². The second-order valence-corrected chi connectivity index (χ2v) is 8.08. The predicted molar refractivity (Wildman–Crippen MR) is 97.1 cm³/mol. The largest absolute Gasteiger partial charge is 0.491 e. The van der Waals surface area contributed by atoms with Crippen molar-refractivity contribution < 1.29 is 17.9 Å². The summed E-state index contributed by atoms with van der Waals surface area (Å²) in [6.07, 6.45) is -0.0674. The minimum atomic E-state index is -4.05. The van der Waals surface area contributed by atoms with Gasteiger partial charge in [-0.25, -0.2) is 13.2 Å². The number of rotatable bonds is 3. The van der Waals surface area contributed by atoms with Crippen LogP contribution >= 0.6 is 11.6 Å². The van der Waals surface area contributed by atoms with E-state index < -0.39 is 16.1 Å². The topological polar surface area (TPSA) is 66.9 Å². The summed E-state index contributed by atoms with van der Waals surface area (Å²) < 4.78 is 32.3. The molecule has 6 nitrogen and oxygen atoms in total. The normalized spacial score (nSPS) is 16.1. The minimum absolute atomic E-state index is 0.0330. The van der Waals surface area contributed by atoms with Gasteiger partial charge in [0.2, 0.25) is 0 Å². The Kier molecular flexibility index (Phi) is 4.38. The second kappa shape index (κ2) is 6.24. The molecular formula is C17H17ClN2O4S. The number of hydrogen-bond donors (Lipinski definition) is 0. The molecule has 0 saturated carbocycles. The molecule has 0 aromatic heterocycles. The number of hydrogen-bond acceptors (Lipinski definition) is 4. The molecule has 0 saturated heterocycles. The molecule has 2 amide bonds. The third-order valence-corrected chi connectivity index (χ3v) is 5.67. The maximum atomic E-state index is 13.0. The molecule has 25 heavy (non-hydrogen) atoms. The molecule has 0 N–H and O–H groups in total. The zero-order chi connectivity index (χ0) is 18.4. The van der Waals surface area contributed by atoms with E-state index in [1.807, 2.05) is 13.8 Å². The first-order valence-electron chi connectivity index (χ1n) is 7.61. The molecule has 8 heteroatoms. The monoisotopic (exact) mass is 380 g/mol. The summed E-state index contributed by atoms with van der Waals surface area (Å²) in [6, 6.07) is 10.1. The van der Waals surface area contributed by atoms with Gasteiger partial charge in [-0.3, -0.25) is 4.90 Å². The van der Waals surface area contributed by atoms with Crippen molar-refractivity contribution in [3.05, 3.63) is 47.5 Å². The van der Waals surface area contributed by atoms with Crippen molar-refractivity contribution in [2.45, 2.75) is 24.8 Å². The van der Waals surface area contributed by atoms with Crippen LogP contribution in [0.2, 0.25) is 5.02 Å². The molecular weight excluding hydrogens is 364 g/mol. The number of carbonyl (C=O) groups is 1. The standard InChI is InChI=1S/C17H17ClN2O4S/c1-11(2)24-14-7-8-16-15(10-14)19(3)17(21)20(25(16,22)23)13-6-4-5-12(18)9-13/h4-11H,1-3H3. The van der Waals surface area contributed by atoms with Crippen molar-refractivity contribution >= 4 is 39.0 Å². The Bertz CT molecular complexity index is 943. The number of amides is 2. The lowest BCUT2D eigenvalue weighted by Crippen LogP contribution is -2.49. The van der Waals surface area contributed by atoms with E-state index in [4.69, 9.17) is 16.3 Å². The Morgan fingerprint density at radius 1 is 1.12 bits per heavy atom. The number of nitrogens with zero attached hydrogens (tertiary/aromatic N) is 2. The summed E-state index contributed by atoms with van der Waals surface area (Å²) in [5, 5.41) is 0.342. The van der Waals surface area contributed by atoms with Gasteiger partial charge >= 0.3 is 6.03 Å². The van der Waals surface area contributed by atoms with Gasteiger partial charge in [-0.2, -0.15) is 4.31 Å². The van der Waals surface area contributed by atoms with E-state index in [-0.39, 0.29) is 22.4 Å². The van der Waals surface area contributed by atoms with Crippen molar-refractivity contribution in [3.8, 4) is 5.75 Å². The summed E-state index contributed by atoms with van der Waals surface area (Å²) in [7, 11) is -2.53. The first-order chi connectivity index (χ1) is 11.7. The zero-order valence-electron chi connectivity index (χ0n) is 13.9. The van der Waals surface area contributed by atoms with Crippen LogP contribution in [0.4, 0.5) is 16.2 Å². The fraction of sp³-hybridized carbons (Fsp3) is 0.235. The molecule has 3 rings (SSSR count). The first kappa shape index (κ1) is 17.6. The Balaban J connectivity index is 2.15. The van der Waals surface area contributed by atoms with Gasteiger partial charge in [0.25, 0.3) is 10.0 Å². The maximum absolute atomic E-state index is 13.0. The molecule has 0 unspecified atom stereocenters. The summed E-state index contributed by atoms with van der Waals surface area (Å²) in [4.78, 5) is 14.1. The van der Waals surface area contributed by atoms with E-state index in [1.165, 1.54) is 30.1 Å². The molecule has 1 heterocycles. The highest BCUT2D eigenvalue weighted by molar-refractivity contribution is 7.94. The third-order valence-electron chi connectivity index (χ3n) is 3.69. The Hall–Kier alpha value is -2.25. The van der Waals surface area contributed by atoms with Crippen LogP contribution in [0.25, 0.3) is 0 Å². The Morgan fingerprint density at radius 2 is 1.84 bits per heavy atom. The van der Waals surface area contributed by atoms with Crippen LogP contribution in [0.1, 0.15) is 13.8 Å². The maximum Gasteiger partial charge on any atom is 0.342 e. The molecule has 1 aliphatic heterocycles. The van der Waals surface area contributed by atoms with Gasteiger partial charge in [-0.05, 0) is 44.2 Å². The van der Waals surface area contributed by atoms with Gasteiger partial charge in [0.05, 0.1) is 17.5 Å². The fourth-order valence-electron chi connectivity index (χ4n) is 2.62. The lowest BCUT2D eigenvalue weighted by molar-refractivity contribution is 0.242. The summed E-state index contributed by atoms with van der Waals surface area (Å²) in [5.41, 5.74) is 0.471. The van der Waals surface area contributed by atoms with Crippen LogP contribution in [0.15, 0.2) is 47.4 Å². The number of sulfonamides is 1. The minimum Gasteiger partial charge on any atom is -0.491 e. The zero-order valence-corrected chi connectivity index (χ0v) is 15.5. The highest BCUT2D eigenvalue weighted by Crippen LogP contribution is 2.39.